The highest BCUT2D eigenvalue weighted by Gasteiger charge is 2.53. The summed E-state index contributed by atoms with van der Waals surface area (Å²) in [6.45, 7) is 3.68. The number of unbranched alkanes of at least 4 members (excludes halogenated alkanes) is 10. The molecule has 3 aliphatic heterocycles. The van der Waals surface area contributed by atoms with Gasteiger partial charge in [0.1, 0.15) is 48.1 Å². The summed E-state index contributed by atoms with van der Waals surface area (Å²) >= 11 is 0. The van der Waals surface area contributed by atoms with Crippen molar-refractivity contribution in [3.63, 3.8) is 0 Å². The van der Waals surface area contributed by atoms with E-state index >= 15 is 0 Å². The Morgan fingerprint density at radius 2 is 1.52 bits per heavy atom. The van der Waals surface area contributed by atoms with E-state index in [1.807, 2.05) is 6.92 Å². The summed E-state index contributed by atoms with van der Waals surface area (Å²) in [7, 11) is 0. The average Bonchev–Trinajstić information content (AvgIpc) is 3.48. The van der Waals surface area contributed by atoms with Crippen LogP contribution < -0.4 is 0 Å². The molecule has 0 aromatic heterocycles. The number of cyclic esters (lactones) is 1. The van der Waals surface area contributed by atoms with Crippen molar-refractivity contribution < 1.29 is 69.0 Å². The second-order valence-corrected chi connectivity index (χ2v) is 12.9. The van der Waals surface area contributed by atoms with Gasteiger partial charge in [-0.1, -0.05) is 70.8 Å². The largest absolute Gasteiger partial charge is 0.481 e. The van der Waals surface area contributed by atoms with Crippen LogP contribution in [0.2, 0.25) is 0 Å². The highest BCUT2D eigenvalue weighted by Crippen LogP contribution is 2.33. The third-order valence-corrected chi connectivity index (χ3v) is 9.20. The zero-order valence-electron chi connectivity index (χ0n) is 26.8. The lowest BCUT2D eigenvalue weighted by Crippen LogP contribution is -2.62. The summed E-state index contributed by atoms with van der Waals surface area (Å²) in [5.41, 5.74) is -1.89. The normalized spacial score (nSPS) is 35.4. The summed E-state index contributed by atoms with van der Waals surface area (Å²) < 4.78 is 27.8. The fourth-order valence-electron chi connectivity index (χ4n) is 6.21. The van der Waals surface area contributed by atoms with Crippen molar-refractivity contribution >= 4 is 11.9 Å². The van der Waals surface area contributed by atoms with Gasteiger partial charge in [0.25, 0.3) is 0 Å². The van der Waals surface area contributed by atoms with Crippen molar-refractivity contribution in [3.05, 3.63) is 12.2 Å². The maximum absolute atomic E-state index is 11.6. The van der Waals surface area contributed by atoms with Crippen molar-refractivity contribution in [2.75, 3.05) is 19.8 Å². The molecule has 14 heteroatoms. The number of carboxylic acids is 1. The van der Waals surface area contributed by atoms with Crippen LogP contribution in [0.3, 0.4) is 0 Å². The maximum Gasteiger partial charge on any atom is 0.334 e. The number of carbonyl (C=O) groups excluding carboxylic acids is 1. The van der Waals surface area contributed by atoms with Crippen LogP contribution in [0.15, 0.2) is 12.2 Å². The molecule has 0 unspecified atom stereocenters. The zero-order valence-corrected chi connectivity index (χ0v) is 26.8. The number of carbonyl (C=O) groups is 2. The molecule has 3 heterocycles. The molecule has 0 aromatic carbocycles. The minimum atomic E-state index is -1.93. The fourth-order valence-corrected chi connectivity index (χ4v) is 6.21. The Morgan fingerprint density at radius 1 is 0.935 bits per heavy atom. The van der Waals surface area contributed by atoms with Gasteiger partial charge in [-0.05, 0) is 26.2 Å². The van der Waals surface area contributed by atoms with Gasteiger partial charge >= 0.3 is 11.9 Å². The van der Waals surface area contributed by atoms with E-state index in [-0.39, 0.29) is 18.3 Å². The Morgan fingerprint density at radius 3 is 2.07 bits per heavy atom. The minimum Gasteiger partial charge on any atom is -0.481 e. The van der Waals surface area contributed by atoms with E-state index in [2.05, 4.69) is 6.58 Å². The minimum absolute atomic E-state index is 0.0334. The summed E-state index contributed by atoms with van der Waals surface area (Å²) in [6, 6.07) is 0. The highest BCUT2D eigenvalue weighted by atomic mass is 16.8. The molecule has 3 fully saturated rings. The van der Waals surface area contributed by atoms with Gasteiger partial charge < -0.3 is 59.4 Å². The molecule has 0 spiro atoms. The molecule has 0 radical (unpaired) electrons. The van der Waals surface area contributed by atoms with Gasteiger partial charge in [-0.15, -0.1) is 0 Å². The lowest BCUT2D eigenvalue weighted by Gasteiger charge is -2.43. The Kier molecular flexibility index (Phi) is 15.8. The quantitative estimate of drug-likeness (QED) is 0.0516. The zero-order chi connectivity index (χ0) is 33.9. The Labute approximate surface area is 270 Å². The predicted octanol–water partition coefficient (Wildman–Crippen LogP) is 0.910. The van der Waals surface area contributed by atoms with Crippen LogP contribution in [0.5, 0.6) is 0 Å². The molecule has 7 N–H and O–H groups in total. The second kappa shape index (κ2) is 18.7. The molecule has 3 saturated heterocycles. The first kappa shape index (κ1) is 38.7. The van der Waals surface area contributed by atoms with Crippen molar-refractivity contribution in [2.45, 2.75) is 151 Å². The summed E-state index contributed by atoms with van der Waals surface area (Å²) in [5.74, 6) is -2.60. The molecule has 14 nitrogen and oxygen atoms in total. The van der Waals surface area contributed by atoms with E-state index in [9.17, 15) is 45.3 Å². The maximum atomic E-state index is 11.6. The molecule has 3 aliphatic rings. The van der Waals surface area contributed by atoms with Gasteiger partial charge in [0.15, 0.2) is 12.6 Å². The summed E-state index contributed by atoms with van der Waals surface area (Å²) in [6.07, 6.45) is 2.19. The van der Waals surface area contributed by atoms with Gasteiger partial charge in [0, 0.05) is 5.57 Å². The molecule has 0 aliphatic carbocycles. The van der Waals surface area contributed by atoms with Crippen molar-refractivity contribution in [3.8, 4) is 0 Å². The third kappa shape index (κ3) is 10.4. The van der Waals surface area contributed by atoms with Crippen molar-refractivity contribution in [2.24, 2.45) is 5.92 Å². The standard InChI is InChI=1S/C32H54O14/c1-19(43-30-26(25(36)24(35)22(16-33)45-30)46-31-27(37)32(41,17-34)18-42-31)14-12-10-8-6-4-3-5-7-9-11-13-15-21-23(28(38)39)20(2)29(40)44-21/h19,21-27,30-31,33-37,41H,2-18H2,1H3,(H,38,39)/t19-,21-,22-,23+,24-,25+,26-,27+,30-,31+,32-/m1/s1. The van der Waals surface area contributed by atoms with Crippen LogP contribution in [-0.2, 0) is 33.3 Å². The van der Waals surface area contributed by atoms with E-state index in [0.29, 0.717) is 12.8 Å². The number of ether oxygens (including phenoxy) is 5. The first-order valence-electron chi connectivity index (χ1n) is 16.6. The highest BCUT2D eigenvalue weighted by molar-refractivity contribution is 5.97. The first-order chi connectivity index (χ1) is 21.9. The summed E-state index contributed by atoms with van der Waals surface area (Å²) in [4.78, 5) is 23.0. The molecule has 0 saturated carbocycles. The number of aliphatic carboxylic acids is 1. The monoisotopic (exact) mass is 662 g/mol. The van der Waals surface area contributed by atoms with Gasteiger partial charge in [0.05, 0.1) is 25.9 Å². The van der Waals surface area contributed by atoms with E-state index in [1.54, 1.807) is 0 Å². The van der Waals surface area contributed by atoms with Crippen LogP contribution in [0.25, 0.3) is 0 Å². The first-order valence-corrected chi connectivity index (χ1v) is 16.6. The summed E-state index contributed by atoms with van der Waals surface area (Å²) in [5, 5.41) is 69.9. The molecule has 0 aromatic rings. The van der Waals surface area contributed by atoms with Gasteiger partial charge in [-0.3, -0.25) is 4.79 Å². The van der Waals surface area contributed by atoms with Crippen LogP contribution in [-0.4, -0.2) is 128 Å². The Hall–Kier alpha value is -1.72. The molecule has 3 rings (SSSR count). The predicted molar refractivity (Wildman–Crippen MR) is 161 cm³/mol. The molecule has 0 amide bonds. The number of rotatable bonds is 21. The third-order valence-electron chi connectivity index (χ3n) is 9.20. The molecule has 11 atom stereocenters. The Bertz CT molecular complexity index is 963. The van der Waals surface area contributed by atoms with Crippen LogP contribution in [0, 0.1) is 5.92 Å². The SMILES string of the molecule is C=C1C(=O)O[C@H](CCCCCCCCCCCCC[C@@H](C)O[C@@H]2O[C@H](CO)[C@@H](O)[C@H](O)[C@H]2O[C@@H]2OC[C@](O)(CO)[C@H]2O)[C@H]1C(=O)O. The smallest absolute Gasteiger partial charge is 0.334 e. The molecular formula is C32H54O14. The van der Waals surface area contributed by atoms with Gasteiger partial charge in [-0.2, -0.15) is 0 Å². The lowest BCUT2D eigenvalue weighted by atomic mass is 9.93. The number of hydrogen-bond donors (Lipinski definition) is 7. The van der Waals surface area contributed by atoms with E-state index < -0.39 is 85.9 Å². The van der Waals surface area contributed by atoms with Crippen molar-refractivity contribution in [1.29, 1.82) is 0 Å². The second-order valence-electron chi connectivity index (χ2n) is 12.9. The van der Waals surface area contributed by atoms with Gasteiger partial charge in [-0.25, -0.2) is 4.79 Å². The molecule has 266 valence electrons. The van der Waals surface area contributed by atoms with E-state index in [0.717, 1.165) is 70.6 Å². The molecular weight excluding hydrogens is 608 g/mol. The number of aliphatic hydroxyl groups excluding tert-OH is 5. The number of aliphatic hydroxyl groups is 6. The number of hydrogen-bond acceptors (Lipinski definition) is 13. The van der Waals surface area contributed by atoms with Crippen LogP contribution in [0.4, 0.5) is 0 Å². The molecule has 46 heavy (non-hydrogen) atoms. The van der Waals surface area contributed by atoms with E-state index in [1.165, 1.54) is 0 Å². The van der Waals surface area contributed by atoms with Crippen LogP contribution >= 0.6 is 0 Å². The van der Waals surface area contributed by atoms with E-state index in [4.69, 9.17) is 23.7 Å². The fraction of sp³-hybridized carbons (Fsp3) is 0.875. The van der Waals surface area contributed by atoms with Gasteiger partial charge in [0.2, 0.25) is 0 Å². The van der Waals surface area contributed by atoms with Crippen molar-refractivity contribution in [1.82, 2.24) is 0 Å². The van der Waals surface area contributed by atoms with Crippen LogP contribution in [0.1, 0.15) is 90.4 Å². The number of carboxylic acid groups (broad SMARTS) is 1. The number of esters is 1. The Balaban J connectivity index is 1.25. The molecule has 0 bridgehead atoms. The lowest BCUT2D eigenvalue weighted by molar-refractivity contribution is -0.342. The topological polar surface area (TPSA) is 222 Å². The average molecular weight is 663 g/mol.